The molecule has 6 nitrogen and oxygen atoms in total. The number of hydrogen-bond acceptors (Lipinski definition) is 5. The molecule has 0 saturated carbocycles. The summed E-state index contributed by atoms with van der Waals surface area (Å²) in [7, 11) is 0.172. The Kier molecular flexibility index (Phi) is 4.35. The van der Waals surface area contributed by atoms with Gasteiger partial charge in [0.05, 0.1) is 10.6 Å². The lowest BCUT2D eigenvalue weighted by molar-refractivity contribution is 0.601. The Morgan fingerprint density at radius 1 is 1.00 bits per heavy atom. The van der Waals surface area contributed by atoms with Crippen molar-refractivity contribution in [2.75, 3.05) is 29.1 Å². The zero-order chi connectivity index (χ0) is 15.5. The Morgan fingerprint density at radius 2 is 1.67 bits per heavy atom. The van der Waals surface area contributed by atoms with Crippen molar-refractivity contribution in [1.82, 2.24) is 0 Å². The zero-order valence-corrected chi connectivity index (χ0v) is 12.7. The number of rotatable bonds is 5. The Bertz CT molecular complexity index is 712. The molecule has 0 aromatic heterocycles. The van der Waals surface area contributed by atoms with E-state index < -0.39 is 10.0 Å². The summed E-state index contributed by atoms with van der Waals surface area (Å²) in [6.07, 6.45) is 0. The molecule has 0 fully saturated rings. The lowest BCUT2D eigenvalue weighted by atomic mass is 10.3. The molecule has 0 heterocycles. The first-order valence-corrected chi connectivity index (χ1v) is 7.77. The molecule has 0 aliphatic heterocycles. The van der Waals surface area contributed by atoms with Gasteiger partial charge in [0.15, 0.2) is 0 Å². The molecule has 21 heavy (non-hydrogen) atoms. The van der Waals surface area contributed by atoms with Gasteiger partial charge in [-0.15, -0.1) is 0 Å². The van der Waals surface area contributed by atoms with Crippen molar-refractivity contribution in [3.05, 3.63) is 48.5 Å². The molecule has 0 aliphatic carbocycles. The van der Waals surface area contributed by atoms with Crippen molar-refractivity contribution in [3.63, 3.8) is 0 Å². The van der Waals surface area contributed by atoms with Gasteiger partial charge in [0.1, 0.15) is 0 Å². The molecule has 0 aliphatic rings. The van der Waals surface area contributed by atoms with E-state index in [0.29, 0.717) is 11.4 Å². The Hall–Kier alpha value is -2.25. The molecular formula is C14H18N4O2S. The summed E-state index contributed by atoms with van der Waals surface area (Å²) in [6, 6.07) is 13.4. The number of hydrogen-bond donors (Lipinski definition) is 3. The van der Waals surface area contributed by atoms with Crippen molar-refractivity contribution in [3.8, 4) is 0 Å². The fraction of sp³-hybridized carbons (Fsp3) is 0.143. The van der Waals surface area contributed by atoms with E-state index in [1.165, 1.54) is 12.1 Å². The van der Waals surface area contributed by atoms with Crippen LogP contribution in [-0.2, 0) is 10.0 Å². The summed E-state index contributed by atoms with van der Waals surface area (Å²) in [5.74, 6) is 5.26. The number of nitrogens with two attached hydrogens (primary N) is 1. The molecule has 0 spiro atoms. The second-order valence-electron chi connectivity index (χ2n) is 4.72. The summed E-state index contributed by atoms with van der Waals surface area (Å²) < 4.78 is 27.2. The Balaban J connectivity index is 2.26. The molecule has 0 unspecified atom stereocenters. The van der Waals surface area contributed by atoms with Gasteiger partial charge in [0.2, 0.25) is 0 Å². The highest BCUT2D eigenvalue weighted by atomic mass is 32.2. The van der Waals surface area contributed by atoms with Gasteiger partial charge >= 0.3 is 0 Å². The SMILES string of the molecule is CN(C)c1cccc(NS(=O)(=O)c2ccc(NN)cc2)c1. The maximum atomic E-state index is 12.3. The first kappa shape index (κ1) is 15.1. The fourth-order valence-electron chi connectivity index (χ4n) is 1.79. The number of benzene rings is 2. The van der Waals surface area contributed by atoms with Gasteiger partial charge in [-0.05, 0) is 42.5 Å². The quantitative estimate of drug-likeness (QED) is 0.579. The zero-order valence-electron chi connectivity index (χ0n) is 11.9. The maximum Gasteiger partial charge on any atom is 0.261 e. The van der Waals surface area contributed by atoms with Gasteiger partial charge in [-0.3, -0.25) is 10.6 Å². The van der Waals surface area contributed by atoms with Gasteiger partial charge in [-0.2, -0.15) is 0 Å². The first-order valence-electron chi connectivity index (χ1n) is 6.29. The summed E-state index contributed by atoms with van der Waals surface area (Å²) in [5, 5.41) is 0. The summed E-state index contributed by atoms with van der Waals surface area (Å²) in [6.45, 7) is 0. The molecule has 2 rings (SSSR count). The van der Waals surface area contributed by atoms with Crippen LogP contribution in [0.4, 0.5) is 17.1 Å². The minimum absolute atomic E-state index is 0.178. The lowest BCUT2D eigenvalue weighted by Crippen LogP contribution is -2.14. The van der Waals surface area contributed by atoms with Crippen LogP contribution >= 0.6 is 0 Å². The largest absolute Gasteiger partial charge is 0.378 e. The van der Waals surface area contributed by atoms with Crippen LogP contribution in [0.2, 0.25) is 0 Å². The van der Waals surface area contributed by atoms with Gasteiger partial charge in [-0.25, -0.2) is 8.42 Å². The molecule has 2 aromatic rings. The standard InChI is InChI=1S/C14H18N4O2S/c1-18(2)13-5-3-4-12(10-13)17-21(19,20)14-8-6-11(16-15)7-9-14/h3-10,16-17H,15H2,1-2H3. The number of hydrazine groups is 1. The normalized spacial score (nSPS) is 11.0. The molecular weight excluding hydrogens is 288 g/mol. The monoisotopic (exact) mass is 306 g/mol. The van der Waals surface area contributed by atoms with Crippen molar-refractivity contribution < 1.29 is 8.42 Å². The summed E-state index contributed by atoms with van der Waals surface area (Å²) >= 11 is 0. The van der Waals surface area contributed by atoms with E-state index >= 15 is 0 Å². The highest BCUT2D eigenvalue weighted by Crippen LogP contribution is 2.21. The predicted octanol–water partition coefficient (Wildman–Crippen LogP) is 1.84. The first-order chi connectivity index (χ1) is 9.92. The number of anilines is 3. The van der Waals surface area contributed by atoms with Crippen molar-refractivity contribution in [2.24, 2.45) is 5.84 Å². The molecule has 0 saturated heterocycles. The van der Waals surface area contributed by atoms with Crippen molar-refractivity contribution in [1.29, 1.82) is 0 Å². The Morgan fingerprint density at radius 3 is 2.24 bits per heavy atom. The van der Waals surface area contributed by atoms with Gasteiger partial charge in [0, 0.05) is 25.5 Å². The third-order valence-electron chi connectivity index (χ3n) is 2.95. The highest BCUT2D eigenvalue weighted by molar-refractivity contribution is 7.92. The molecule has 0 radical (unpaired) electrons. The van der Waals surface area contributed by atoms with Crippen LogP contribution in [0.25, 0.3) is 0 Å². The topological polar surface area (TPSA) is 87.5 Å². The van der Waals surface area contributed by atoms with E-state index in [0.717, 1.165) is 5.69 Å². The van der Waals surface area contributed by atoms with Crippen LogP contribution in [0.3, 0.4) is 0 Å². The van der Waals surface area contributed by atoms with Crippen LogP contribution in [0.5, 0.6) is 0 Å². The van der Waals surface area contributed by atoms with Crippen molar-refractivity contribution in [2.45, 2.75) is 4.90 Å². The smallest absolute Gasteiger partial charge is 0.261 e. The molecule has 2 aromatic carbocycles. The molecule has 4 N–H and O–H groups in total. The van der Waals surface area contributed by atoms with E-state index in [1.54, 1.807) is 30.3 Å². The maximum absolute atomic E-state index is 12.3. The van der Waals surface area contributed by atoms with Gasteiger partial charge in [0.25, 0.3) is 10.0 Å². The minimum atomic E-state index is -3.62. The van der Waals surface area contributed by atoms with Crippen LogP contribution < -0.4 is 20.9 Å². The second-order valence-corrected chi connectivity index (χ2v) is 6.40. The van der Waals surface area contributed by atoms with Crippen LogP contribution in [-0.4, -0.2) is 22.5 Å². The third-order valence-corrected chi connectivity index (χ3v) is 4.34. The lowest BCUT2D eigenvalue weighted by Gasteiger charge is -2.14. The van der Waals surface area contributed by atoms with Crippen LogP contribution in [0, 0.1) is 0 Å². The van der Waals surface area contributed by atoms with E-state index in [-0.39, 0.29) is 4.90 Å². The van der Waals surface area contributed by atoms with E-state index in [4.69, 9.17) is 5.84 Å². The number of nitrogens with one attached hydrogen (secondary N) is 2. The second kappa shape index (κ2) is 6.02. The Labute approximate surface area is 124 Å². The number of sulfonamides is 1. The molecule has 0 atom stereocenters. The van der Waals surface area contributed by atoms with E-state index in [9.17, 15) is 8.42 Å². The predicted molar refractivity (Wildman–Crippen MR) is 85.8 cm³/mol. The van der Waals surface area contributed by atoms with E-state index in [2.05, 4.69) is 10.1 Å². The summed E-state index contributed by atoms with van der Waals surface area (Å²) in [5.41, 5.74) is 4.53. The minimum Gasteiger partial charge on any atom is -0.378 e. The average Bonchev–Trinajstić information content (AvgIpc) is 2.47. The number of nitrogens with zero attached hydrogens (tertiary/aromatic N) is 1. The fourth-order valence-corrected chi connectivity index (χ4v) is 2.84. The average molecular weight is 306 g/mol. The van der Waals surface area contributed by atoms with Crippen LogP contribution in [0.1, 0.15) is 0 Å². The summed E-state index contributed by atoms with van der Waals surface area (Å²) in [4.78, 5) is 2.08. The van der Waals surface area contributed by atoms with Gasteiger partial charge < -0.3 is 10.3 Å². The van der Waals surface area contributed by atoms with Gasteiger partial charge in [-0.1, -0.05) is 6.07 Å². The van der Waals surface area contributed by atoms with E-state index in [1.807, 2.05) is 25.1 Å². The number of nitrogen functional groups attached to an aromatic ring is 1. The highest BCUT2D eigenvalue weighted by Gasteiger charge is 2.14. The van der Waals surface area contributed by atoms with Crippen LogP contribution in [0.15, 0.2) is 53.4 Å². The molecule has 112 valence electrons. The molecule has 7 heteroatoms. The molecule has 0 bridgehead atoms. The molecule has 0 amide bonds. The van der Waals surface area contributed by atoms with Crippen molar-refractivity contribution >= 4 is 27.1 Å². The third kappa shape index (κ3) is 3.65.